The number of anilines is 1. The predicted molar refractivity (Wildman–Crippen MR) is 150 cm³/mol. The molecule has 2 aromatic rings. The molecule has 3 rings (SSSR count). The Morgan fingerprint density at radius 1 is 1.14 bits per heavy atom. The van der Waals surface area contributed by atoms with Crippen LogP contribution in [0.5, 0.6) is 0 Å². The molecule has 2 aromatic carbocycles. The molecule has 0 heterocycles. The van der Waals surface area contributed by atoms with Crippen LogP contribution in [0.4, 0.5) is 5.69 Å². The summed E-state index contributed by atoms with van der Waals surface area (Å²) in [7, 11) is 0. The summed E-state index contributed by atoms with van der Waals surface area (Å²) in [5, 5.41) is 2.90. The molecule has 0 spiro atoms. The quantitative estimate of drug-likeness (QED) is 0.195. The first-order valence-corrected chi connectivity index (χ1v) is 11.9. The van der Waals surface area contributed by atoms with Gasteiger partial charge in [-0.25, -0.2) is 0 Å². The van der Waals surface area contributed by atoms with Gasteiger partial charge in [-0.15, -0.1) is 0 Å². The topological polar surface area (TPSA) is 84.5 Å². The third kappa shape index (κ3) is 6.66. The fourth-order valence-electron chi connectivity index (χ4n) is 3.92. The molecule has 36 heavy (non-hydrogen) atoms. The van der Waals surface area contributed by atoms with Crippen molar-refractivity contribution in [1.29, 1.82) is 0 Å². The van der Waals surface area contributed by atoms with Gasteiger partial charge in [-0.1, -0.05) is 74.2 Å². The summed E-state index contributed by atoms with van der Waals surface area (Å²) in [6.45, 7) is 10.3. The third-order valence-electron chi connectivity index (χ3n) is 6.20. The van der Waals surface area contributed by atoms with Crippen LogP contribution < -0.4 is 11.1 Å². The van der Waals surface area contributed by atoms with Crippen LogP contribution in [0.3, 0.4) is 0 Å². The number of ketones is 1. The summed E-state index contributed by atoms with van der Waals surface area (Å²) in [4.78, 5) is 29.9. The number of allylic oxidation sites excluding steroid dienone is 6. The van der Waals surface area contributed by atoms with Gasteiger partial charge in [0.2, 0.25) is 0 Å². The van der Waals surface area contributed by atoms with Crippen molar-refractivity contribution < 1.29 is 9.59 Å². The number of aliphatic imine (C=N–C) groups is 1. The Morgan fingerprint density at radius 3 is 2.47 bits per heavy atom. The maximum absolute atomic E-state index is 13.1. The van der Waals surface area contributed by atoms with Crippen LogP contribution in [0.25, 0.3) is 5.57 Å². The molecule has 1 aliphatic carbocycles. The first-order chi connectivity index (χ1) is 17.3. The minimum atomic E-state index is -0.188. The molecular weight excluding hydrogens is 446 g/mol. The smallest absolute Gasteiger partial charge is 0.255 e. The Balaban J connectivity index is 1.66. The molecule has 1 atom stereocenters. The lowest BCUT2D eigenvalue weighted by Gasteiger charge is -2.25. The van der Waals surface area contributed by atoms with Crippen LogP contribution in [0.1, 0.15) is 47.3 Å². The molecule has 0 saturated heterocycles. The van der Waals surface area contributed by atoms with E-state index in [-0.39, 0.29) is 17.1 Å². The summed E-state index contributed by atoms with van der Waals surface area (Å²) in [5.41, 5.74) is 10.7. The first-order valence-electron chi connectivity index (χ1n) is 11.9. The number of carbonyl (C=O) groups is 2. The van der Waals surface area contributed by atoms with Crippen molar-refractivity contribution in [3.05, 3.63) is 119 Å². The lowest BCUT2D eigenvalue weighted by atomic mass is 9.82. The van der Waals surface area contributed by atoms with Crippen LogP contribution >= 0.6 is 0 Å². The number of nitrogens with two attached hydrogens (primary N) is 1. The lowest BCUT2D eigenvalue weighted by Crippen LogP contribution is -2.22. The highest BCUT2D eigenvalue weighted by molar-refractivity contribution is 6.10. The van der Waals surface area contributed by atoms with Gasteiger partial charge in [0.1, 0.15) is 0 Å². The summed E-state index contributed by atoms with van der Waals surface area (Å²) in [6.07, 6.45) is 15.3. The Labute approximate surface area is 213 Å². The minimum absolute atomic E-state index is 0.0533. The van der Waals surface area contributed by atoms with E-state index in [1.165, 1.54) is 6.34 Å². The van der Waals surface area contributed by atoms with Gasteiger partial charge in [0.15, 0.2) is 5.78 Å². The minimum Gasteiger partial charge on any atom is -0.390 e. The van der Waals surface area contributed by atoms with Crippen LogP contribution in [-0.4, -0.2) is 24.6 Å². The normalized spacial score (nSPS) is 17.9. The molecule has 0 aromatic heterocycles. The maximum atomic E-state index is 13.1. The second-order valence-electron chi connectivity index (χ2n) is 9.20. The van der Waals surface area contributed by atoms with E-state index in [0.29, 0.717) is 35.4 Å². The van der Waals surface area contributed by atoms with E-state index < -0.39 is 0 Å². The molecular formula is C31H33N3O2. The number of hydrogen-bond acceptors (Lipinski definition) is 3. The largest absolute Gasteiger partial charge is 0.390 e. The van der Waals surface area contributed by atoms with E-state index in [1.807, 2.05) is 68.5 Å². The van der Waals surface area contributed by atoms with Crippen LogP contribution in [0, 0.1) is 12.3 Å². The second-order valence-corrected chi connectivity index (χ2v) is 9.20. The lowest BCUT2D eigenvalue weighted by molar-refractivity contribution is -0.112. The van der Waals surface area contributed by atoms with Crippen molar-refractivity contribution in [1.82, 2.24) is 0 Å². The molecule has 0 radical (unpaired) electrons. The van der Waals surface area contributed by atoms with Crippen molar-refractivity contribution in [2.24, 2.45) is 16.1 Å². The Morgan fingerprint density at radius 2 is 1.86 bits per heavy atom. The molecule has 3 N–H and O–H groups in total. The number of nitrogens with zero attached hydrogens (tertiary/aromatic N) is 1. The zero-order valence-corrected chi connectivity index (χ0v) is 21.1. The fourth-order valence-corrected chi connectivity index (χ4v) is 3.92. The highest BCUT2D eigenvalue weighted by atomic mass is 16.1. The molecule has 0 aliphatic heterocycles. The molecule has 0 saturated carbocycles. The van der Waals surface area contributed by atoms with E-state index in [2.05, 4.69) is 23.8 Å². The fraction of sp³-hybridized carbons (Fsp3) is 0.194. The van der Waals surface area contributed by atoms with Crippen LogP contribution in [-0.2, 0) is 4.79 Å². The van der Waals surface area contributed by atoms with E-state index >= 15 is 0 Å². The standard InChI is InChI=1S/C31H33N3O2/c1-5-6-7-8-22(2)26-11-14-28(23(3)19-26)29(35)24-9-12-27(13-10-24)34-30(36)25-15-17-31(4,18-16-25)20-33-21-32/h5-17,19,21H,1,18,20H2,2-4H3,(H2,32,33)(H,34,36)/b7-6-,22-8+. The van der Waals surface area contributed by atoms with E-state index in [4.69, 9.17) is 5.73 Å². The molecule has 1 unspecified atom stereocenters. The van der Waals surface area contributed by atoms with Gasteiger partial charge >= 0.3 is 0 Å². The Hall–Kier alpha value is -4.25. The average Bonchev–Trinajstić information content (AvgIpc) is 2.88. The van der Waals surface area contributed by atoms with Gasteiger partial charge in [-0.05, 0) is 61.2 Å². The number of amides is 1. The van der Waals surface area contributed by atoms with Crippen molar-refractivity contribution in [3.8, 4) is 0 Å². The van der Waals surface area contributed by atoms with Crippen LogP contribution in [0.15, 0.2) is 102 Å². The summed E-state index contributed by atoms with van der Waals surface area (Å²) >= 11 is 0. The molecule has 1 aliphatic rings. The molecule has 5 heteroatoms. The van der Waals surface area contributed by atoms with E-state index in [9.17, 15) is 9.59 Å². The van der Waals surface area contributed by atoms with E-state index in [1.54, 1.807) is 30.3 Å². The number of rotatable bonds is 9. The van der Waals surface area contributed by atoms with Gasteiger partial charge in [0.05, 0.1) is 6.34 Å². The first kappa shape index (κ1) is 26.4. The van der Waals surface area contributed by atoms with Gasteiger partial charge in [0.25, 0.3) is 5.91 Å². The monoisotopic (exact) mass is 479 g/mol. The van der Waals surface area contributed by atoms with Crippen molar-refractivity contribution in [2.45, 2.75) is 27.2 Å². The SMILES string of the molecule is C=C/C=C\C=C(/C)c1ccc(C(=O)c2ccc(NC(=O)C3=CCC(C)(CN=CN)C=C3)cc2)c(C)c1. The molecule has 0 fully saturated rings. The summed E-state index contributed by atoms with van der Waals surface area (Å²) < 4.78 is 0. The number of hydrogen-bond donors (Lipinski definition) is 2. The second kappa shape index (κ2) is 11.9. The van der Waals surface area contributed by atoms with Gasteiger partial charge in [-0.2, -0.15) is 0 Å². The van der Waals surface area contributed by atoms with Crippen LogP contribution in [0.2, 0.25) is 0 Å². The number of benzene rings is 2. The molecule has 0 bridgehead atoms. The zero-order chi connectivity index (χ0) is 26.1. The highest BCUT2D eigenvalue weighted by Crippen LogP contribution is 2.30. The molecule has 184 valence electrons. The van der Waals surface area contributed by atoms with Gasteiger partial charge < -0.3 is 11.1 Å². The Kier molecular flexibility index (Phi) is 8.74. The van der Waals surface area contributed by atoms with E-state index in [0.717, 1.165) is 16.7 Å². The van der Waals surface area contributed by atoms with Gasteiger partial charge in [-0.3, -0.25) is 14.6 Å². The molecule has 1 amide bonds. The summed E-state index contributed by atoms with van der Waals surface area (Å²) in [5.74, 6) is -0.241. The highest BCUT2D eigenvalue weighted by Gasteiger charge is 2.24. The number of carbonyl (C=O) groups excluding carboxylic acids is 2. The van der Waals surface area contributed by atoms with Crippen molar-refractivity contribution >= 4 is 29.3 Å². The van der Waals surface area contributed by atoms with Gasteiger partial charge in [0, 0.05) is 34.3 Å². The maximum Gasteiger partial charge on any atom is 0.255 e. The average molecular weight is 480 g/mol. The Bertz CT molecular complexity index is 1290. The third-order valence-corrected chi connectivity index (χ3v) is 6.20. The van der Waals surface area contributed by atoms with Crippen molar-refractivity contribution in [2.75, 3.05) is 11.9 Å². The summed E-state index contributed by atoms with van der Waals surface area (Å²) in [6, 6.07) is 12.8. The molecule has 5 nitrogen and oxygen atoms in total. The zero-order valence-electron chi connectivity index (χ0n) is 21.1. The predicted octanol–water partition coefficient (Wildman–Crippen LogP) is 6.19. The number of aryl methyl sites for hydroxylation is 1. The van der Waals surface area contributed by atoms with Crippen molar-refractivity contribution in [3.63, 3.8) is 0 Å². The number of nitrogens with one attached hydrogen (secondary N) is 1.